The molecule has 1 aliphatic rings. The van der Waals surface area contributed by atoms with E-state index in [0.29, 0.717) is 31.6 Å². The normalized spacial score (nSPS) is 15.9. The zero-order chi connectivity index (χ0) is 17.3. The molecule has 0 aromatic carbocycles. The Morgan fingerprint density at radius 2 is 2.38 bits per heavy atom. The molecule has 0 saturated heterocycles. The standard InChI is InChI=1S/C14H18N4O4S2/c1-9(8-18-6-2-4-16-18)17-24(21,22)14-12(13(19)20)10-3-5-15-7-11(10)23-14/h2,4,6,9,15,17H,3,5,7-8H2,1H3,(H,19,20)/t9-/m0/s1. The van der Waals surface area contributed by atoms with Gasteiger partial charge in [0.05, 0.1) is 12.1 Å². The van der Waals surface area contributed by atoms with Crippen LogP contribution in [-0.2, 0) is 29.5 Å². The van der Waals surface area contributed by atoms with E-state index in [2.05, 4.69) is 15.1 Å². The van der Waals surface area contributed by atoms with Crippen molar-refractivity contribution in [1.29, 1.82) is 0 Å². The summed E-state index contributed by atoms with van der Waals surface area (Å²) in [5, 5.41) is 16.7. The van der Waals surface area contributed by atoms with Crippen molar-refractivity contribution in [1.82, 2.24) is 19.8 Å². The van der Waals surface area contributed by atoms with Crippen molar-refractivity contribution in [2.75, 3.05) is 6.54 Å². The lowest BCUT2D eigenvalue weighted by molar-refractivity contribution is 0.0692. The quantitative estimate of drug-likeness (QED) is 0.688. The van der Waals surface area contributed by atoms with Crippen LogP contribution in [0, 0.1) is 0 Å². The van der Waals surface area contributed by atoms with Crippen LogP contribution in [0.15, 0.2) is 22.7 Å². The Balaban J connectivity index is 1.89. The number of hydrogen-bond acceptors (Lipinski definition) is 6. The number of carboxylic acid groups (broad SMARTS) is 1. The van der Waals surface area contributed by atoms with Crippen LogP contribution in [-0.4, -0.2) is 41.9 Å². The van der Waals surface area contributed by atoms with Crippen LogP contribution in [0.2, 0.25) is 0 Å². The number of fused-ring (bicyclic) bond motifs is 1. The van der Waals surface area contributed by atoms with E-state index < -0.39 is 22.0 Å². The maximum absolute atomic E-state index is 12.7. The van der Waals surface area contributed by atoms with Gasteiger partial charge >= 0.3 is 5.97 Å². The van der Waals surface area contributed by atoms with Crippen LogP contribution in [0.5, 0.6) is 0 Å². The van der Waals surface area contributed by atoms with Crippen molar-refractivity contribution in [3.8, 4) is 0 Å². The second-order valence-corrected chi connectivity index (χ2v) is 8.66. The Hall–Kier alpha value is -1.75. The van der Waals surface area contributed by atoms with Gasteiger partial charge in [0.1, 0.15) is 4.21 Å². The highest BCUT2D eigenvalue weighted by molar-refractivity contribution is 7.91. The third-order valence-corrected chi connectivity index (χ3v) is 7.07. The number of aromatic nitrogens is 2. The Labute approximate surface area is 143 Å². The fourth-order valence-corrected chi connectivity index (χ4v) is 5.87. The molecule has 130 valence electrons. The van der Waals surface area contributed by atoms with E-state index in [-0.39, 0.29) is 9.77 Å². The number of hydrogen-bond donors (Lipinski definition) is 3. The largest absolute Gasteiger partial charge is 0.478 e. The van der Waals surface area contributed by atoms with Crippen molar-refractivity contribution in [3.63, 3.8) is 0 Å². The number of thiophene rings is 1. The number of rotatable bonds is 6. The molecule has 0 fully saturated rings. The topological polar surface area (TPSA) is 113 Å². The summed E-state index contributed by atoms with van der Waals surface area (Å²) in [5.41, 5.74) is 0.543. The molecule has 3 N–H and O–H groups in total. The van der Waals surface area contributed by atoms with Crippen molar-refractivity contribution >= 4 is 27.3 Å². The van der Waals surface area contributed by atoms with E-state index in [4.69, 9.17) is 0 Å². The van der Waals surface area contributed by atoms with Crippen LogP contribution < -0.4 is 10.0 Å². The van der Waals surface area contributed by atoms with Gasteiger partial charge in [0.2, 0.25) is 0 Å². The Morgan fingerprint density at radius 3 is 3.04 bits per heavy atom. The van der Waals surface area contributed by atoms with Gasteiger partial charge in [0, 0.05) is 29.9 Å². The molecule has 0 spiro atoms. The van der Waals surface area contributed by atoms with Gasteiger partial charge in [-0.25, -0.2) is 17.9 Å². The van der Waals surface area contributed by atoms with Crippen LogP contribution in [0.25, 0.3) is 0 Å². The minimum absolute atomic E-state index is 0.0877. The summed E-state index contributed by atoms with van der Waals surface area (Å²) in [6.07, 6.45) is 3.87. The first-order valence-corrected chi connectivity index (χ1v) is 9.77. The number of nitrogens with zero attached hydrogens (tertiary/aromatic N) is 2. The highest BCUT2D eigenvalue weighted by atomic mass is 32.2. The van der Waals surface area contributed by atoms with Crippen molar-refractivity contribution in [3.05, 3.63) is 34.5 Å². The van der Waals surface area contributed by atoms with Crippen LogP contribution in [0.3, 0.4) is 0 Å². The fourth-order valence-electron chi connectivity index (χ4n) is 2.76. The van der Waals surface area contributed by atoms with Crippen molar-refractivity contribution in [2.24, 2.45) is 0 Å². The predicted octanol–water partition coefficient (Wildman–Crippen LogP) is 0.656. The third kappa shape index (κ3) is 3.36. The Bertz CT molecular complexity index is 843. The van der Waals surface area contributed by atoms with E-state index >= 15 is 0 Å². The van der Waals surface area contributed by atoms with Gasteiger partial charge in [-0.15, -0.1) is 11.3 Å². The minimum Gasteiger partial charge on any atom is -0.478 e. The van der Waals surface area contributed by atoms with Crippen LogP contribution in [0.4, 0.5) is 0 Å². The van der Waals surface area contributed by atoms with Gasteiger partial charge in [-0.05, 0) is 31.5 Å². The zero-order valence-electron chi connectivity index (χ0n) is 13.0. The summed E-state index contributed by atoms with van der Waals surface area (Å²) >= 11 is 1.03. The lowest BCUT2D eigenvalue weighted by Crippen LogP contribution is -2.36. The molecule has 0 amide bonds. The average Bonchev–Trinajstić information content (AvgIpc) is 3.13. The monoisotopic (exact) mass is 370 g/mol. The first-order valence-electron chi connectivity index (χ1n) is 7.47. The summed E-state index contributed by atoms with van der Waals surface area (Å²) in [4.78, 5) is 12.4. The number of nitrogens with one attached hydrogen (secondary N) is 2. The number of aromatic carboxylic acids is 1. The summed E-state index contributed by atoms with van der Waals surface area (Å²) in [6, 6.07) is 1.33. The molecule has 1 aliphatic heterocycles. The fraction of sp³-hybridized carbons (Fsp3) is 0.429. The Morgan fingerprint density at radius 1 is 1.58 bits per heavy atom. The van der Waals surface area contributed by atoms with Crippen LogP contribution >= 0.6 is 11.3 Å². The number of carboxylic acids is 1. The second-order valence-electron chi connectivity index (χ2n) is 5.65. The molecule has 0 unspecified atom stereocenters. The van der Waals surface area contributed by atoms with Crippen molar-refractivity contribution in [2.45, 2.75) is 36.7 Å². The molecule has 2 aromatic heterocycles. The maximum atomic E-state index is 12.7. The lowest BCUT2D eigenvalue weighted by atomic mass is 10.1. The van der Waals surface area contributed by atoms with E-state index in [1.54, 1.807) is 30.1 Å². The van der Waals surface area contributed by atoms with Gasteiger partial charge in [-0.1, -0.05) is 0 Å². The SMILES string of the molecule is C[C@@H](Cn1cccn1)NS(=O)(=O)c1sc2c(c1C(=O)O)CCNC2. The number of sulfonamides is 1. The van der Waals surface area contributed by atoms with Gasteiger partial charge in [-0.2, -0.15) is 5.10 Å². The molecule has 3 rings (SSSR count). The molecule has 24 heavy (non-hydrogen) atoms. The van der Waals surface area contributed by atoms with Gasteiger partial charge < -0.3 is 10.4 Å². The van der Waals surface area contributed by atoms with Gasteiger partial charge in [-0.3, -0.25) is 4.68 Å². The molecule has 0 saturated carbocycles. The van der Waals surface area contributed by atoms with E-state index in [9.17, 15) is 18.3 Å². The molecular formula is C14H18N4O4S2. The molecule has 1 atom stereocenters. The van der Waals surface area contributed by atoms with Gasteiger partial charge in [0.25, 0.3) is 10.0 Å². The summed E-state index contributed by atoms with van der Waals surface area (Å²) < 4.78 is 29.5. The summed E-state index contributed by atoms with van der Waals surface area (Å²) in [7, 11) is -3.91. The average molecular weight is 370 g/mol. The number of carbonyl (C=O) groups is 1. The Kier molecular flexibility index (Phi) is 4.72. The first-order chi connectivity index (χ1) is 11.4. The minimum atomic E-state index is -3.91. The molecule has 3 heterocycles. The molecule has 8 nitrogen and oxygen atoms in total. The molecule has 0 radical (unpaired) electrons. The van der Waals surface area contributed by atoms with Crippen molar-refractivity contribution < 1.29 is 18.3 Å². The maximum Gasteiger partial charge on any atom is 0.338 e. The molecular weight excluding hydrogens is 352 g/mol. The van der Waals surface area contributed by atoms with E-state index in [0.717, 1.165) is 16.2 Å². The van der Waals surface area contributed by atoms with E-state index in [1.165, 1.54) is 0 Å². The highest BCUT2D eigenvalue weighted by Gasteiger charge is 2.32. The second kappa shape index (κ2) is 6.63. The smallest absolute Gasteiger partial charge is 0.338 e. The predicted molar refractivity (Wildman–Crippen MR) is 88.7 cm³/mol. The third-order valence-electron chi connectivity index (χ3n) is 3.73. The highest BCUT2D eigenvalue weighted by Crippen LogP contribution is 2.34. The molecule has 0 bridgehead atoms. The molecule has 0 aliphatic carbocycles. The van der Waals surface area contributed by atoms with Crippen LogP contribution in [0.1, 0.15) is 27.7 Å². The lowest BCUT2D eigenvalue weighted by Gasteiger charge is -2.14. The van der Waals surface area contributed by atoms with E-state index in [1.807, 2.05) is 0 Å². The zero-order valence-corrected chi connectivity index (χ0v) is 14.7. The summed E-state index contributed by atoms with van der Waals surface area (Å²) in [5.74, 6) is -1.20. The summed E-state index contributed by atoms with van der Waals surface area (Å²) in [6.45, 7) is 3.22. The van der Waals surface area contributed by atoms with Gasteiger partial charge in [0.15, 0.2) is 0 Å². The first kappa shape index (κ1) is 17.1. The molecule has 10 heteroatoms. The molecule has 2 aromatic rings.